The van der Waals surface area contributed by atoms with E-state index in [0.717, 1.165) is 57.5 Å². The van der Waals surface area contributed by atoms with Gasteiger partial charge in [0.1, 0.15) is 5.00 Å². The number of imide groups is 1. The van der Waals surface area contributed by atoms with Crippen molar-refractivity contribution in [3.05, 3.63) is 82.4 Å². The van der Waals surface area contributed by atoms with Gasteiger partial charge in [0.25, 0.3) is 11.1 Å². The highest BCUT2D eigenvalue weighted by molar-refractivity contribution is 8.15. The van der Waals surface area contributed by atoms with Crippen LogP contribution < -0.4 is 16.0 Å². The second kappa shape index (κ2) is 9.29. The topological polar surface area (TPSA) is 113 Å². The van der Waals surface area contributed by atoms with Crippen LogP contribution in [0.1, 0.15) is 26.4 Å². The fourth-order valence-corrected chi connectivity index (χ4v) is 6.45. The Balaban J connectivity index is 1.24. The van der Waals surface area contributed by atoms with Crippen LogP contribution in [0, 0.1) is 0 Å². The number of thiophene rings is 1. The number of fused-ring (bicyclic) bond motifs is 3. The third-order valence-corrected chi connectivity index (χ3v) is 8.29. The number of hydrogen-bond acceptors (Lipinski definition) is 8. The number of nitrogens with one attached hydrogen (secondary N) is 3. The van der Waals surface area contributed by atoms with E-state index in [0.29, 0.717) is 22.7 Å². The third kappa shape index (κ3) is 4.29. The summed E-state index contributed by atoms with van der Waals surface area (Å²) in [5, 5.41) is 12.8. The Hall–Kier alpha value is -3.89. The van der Waals surface area contributed by atoms with Gasteiger partial charge in [-0.05, 0) is 54.7 Å². The van der Waals surface area contributed by atoms with Crippen molar-refractivity contribution in [1.82, 2.24) is 10.5 Å². The number of nitrogens with zero attached hydrogens (tertiary/aromatic N) is 1. The molecule has 0 bridgehead atoms. The summed E-state index contributed by atoms with van der Waals surface area (Å²) in [5.74, 6) is 0.255. The standard InChI is InChI=1S/C26H20N4O4S2/c31-23-19(35-26(33)30-23)12-14-6-9-17(10-7-14)28-24(32)22-18-11-8-15-13-27-34-21(15)20(18)25(36-22)29-16-4-2-1-3-5-16/h1-7,9-10,13,19,29H,8,11-12H2,(H,28,32)(H,30,31,33). The SMILES string of the molecule is O=C1NC(=O)C(Cc2ccc(NC(=O)c3sc(Nc4ccccc4)c4c3CCc3cnoc3-4)cc2)S1. The molecule has 36 heavy (non-hydrogen) atoms. The average molecular weight is 517 g/mol. The van der Waals surface area contributed by atoms with Crippen molar-refractivity contribution in [3.8, 4) is 11.3 Å². The van der Waals surface area contributed by atoms with Gasteiger partial charge in [-0.25, -0.2) is 0 Å². The van der Waals surface area contributed by atoms with Crippen molar-refractivity contribution < 1.29 is 18.9 Å². The minimum atomic E-state index is -0.424. The van der Waals surface area contributed by atoms with E-state index in [9.17, 15) is 14.4 Å². The fourth-order valence-electron chi connectivity index (χ4n) is 4.43. The maximum atomic E-state index is 13.4. The largest absolute Gasteiger partial charge is 0.356 e. The molecule has 3 heterocycles. The summed E-state index contributed by atoms with van der Waals surface area (Å²) in [5.41, 5.74) is 5.37. The van der Waals surface area contributed by atoms with Crippen molar-refractivity contribution in [2.75, 3.05) is 10.6 Å². The first-order valence-electron chi connectivity index (χ1n) is 11.4. The monoisotopic (exact) mass is 516 g/mol. The van der Waals surface area contributed by atoms with Gasteiger partial charge in [-0.15, -0.1) is 11.3 Å². The lowest BCUT2D eigenvalue weighted by Crippen LogP contribution is -2.25. The molecule has 10 heteroatoms. The molecule has 0 spiro atoms. The Morgan fingerprint density at radius 3 is 2.61 bits per heavy atom. The normalized spacial score (nSPS) is 16.3. The van der Waals surface area contributed by atoms with Crippen molar-refractivity contribution in [2.45, 2.75) is 24.5 Å². The third-order valence-electron chi connectivity index (χ3n) is 6.16. The van der Waals surface area contributed by atoms with E-state index < -0.39 is 5.25 Å². The van der Waals surface area contributed by atoms with Gasteiger partial charge in [-0.1, -0.05) is 47.3 Å². The molecule has 1 aliphatic carbocycles. The molecule has 1 aliphatic heterocycles. The van der Waals surface area contributed by atoms with Crippen LogP contribution in [0.3, 0.4) is 0 Å². The smallest absolute Gasteiger partial charge is 0.286 e. The van der Waals surface area contributed by atoms with Gasteiger partial charge < -0.3 is 15.2 Å². The van der Waals surface area contributed by atoms with Crippen LogP contribution in [-0.4, -0.2) is 27.5 Å². The summed E-state index contributed by atoms with van der Waals surface area (Å²) in [6, 6.07) is 17.1. The predicted molar refractivity (Wildman–Crippen MR) is 140 cm³/mol. The predicted octanol–water partition coefficient (Wildman–Crippen LogP) is 5.39. The quantitative estimate of drug-likeness (QED) is 0.315. The first-order chi connectivity index (χ1) is 17.5. The molecule has 3 N–H and O–H groups in total. The molecule has 1 fully saturated rings. The lowest BCUT2D eigenvalue weighted by atomic mass is 9.92. The molecular weight excluding hydrogens is 496 g/mol. The van der Waals surface area contributed by atoms with Crippen LogP contribution in [0.15, 0.2) is 65.3 Å². The van der Waals surface area contributed by atoms with Crippen molar-refractivity contribution in [1.29, 1.82) is 0 Å². The molecule has 4 aromatic rings. The number of carbonyl (C=O) groups excluding carboxylic acids is 3. The molecule has 6 rings (SSSR count). The van der Waals surface area contributed by atoms with Gasteiger partial charge in [0.15, 0.2) is 5.76 Å². The minimum Gasteiger partial charge on any atom is -0.356 e. The number of anilines is 3. The molecule has 180 valence electrons. The molecule has 1 saturated heterocycles. The summed E-state index contributed by atoms with van der Waals surface area (Å²) in [6.07, 6.45) is 3.67. The van der Waals surface area contributed by atoms with Gasteiger partial charge in [-0.2, -0.15) is 0 Å². The van der Waals surface area contributed by atoms with Crippen LogP contribution in [0.2, 0.25) is 0 Å². The minimum absolute atomic E-state index is 0.190. The van der Waals surface area contributed by atoms with Crippen LogP contribution in [0.25, 0.3) is 11.3 Å². The van der Waals surface area contributed by atoms with E-state index in [1.54, 1.807) is 6.20 Å². The lowest BCUT2D eigenvalue weighted by Gasteiger charge is -2.14. The van der Waals surface area contributed by atoms with E-state index in [1.165, 1.54) is 11.3 Å². The molecule has 1 atom stereocenters. The number of amides is 3. The van der Waals surface area contributed by atoms with Gasteiger partial charge in [0.2, 0.25) is 5.91 Å². The molecule has 2 aliphatic rings. The summed E-state index contributed by atoms with van der Waals surface area (Å²) in [4.78, 5) is 37.2. The van der Waals surface area contributed by atoms with Gasteiger partial charge in [-0.3, -0.25) is 19.7 Å². The highest BCUT2D eigenvalue weighted by Gasteiger charge is 2.32. The van der Waals surface area contributed by atoms with Crippen molar-refractivity contribution >= 4 is 56.5 Å². The number of benzene rings is 2. The summed E-state index contributed by atoms with van der Waals surface area (Å²) >= 11 is 2.41. The summed E-state index contributed by atoms with van der Waals surface area (Å²) in [7, 11) is 0. The van der Waals surface area contributed by atoms with Crippen LogP contribution in [0.5, 0.6) is 0 Å². The number of aryl methyl sites for hydroxylation is 1. The van der Waals surface area contributed by atoms with Crippen molar-refractivity contribution in [2.24, 2.45) is 0 Å². The number of para-hydroxylation sites is 1. The maximum absolute atomic E-state index is 13.4. The zero-order valence-corrected chi connectivity index (χ0v) is 20.5. The first-order valence-corrected chi connectivity index (χ1v) is 13.1. The molecule has 3 amide bonds. The summed E-state index contributed by atoms with van der Waals surface area (Å²) in [6.45, 7) is 0. The molecule has 0 radical (unpaired) electrons. The number of aromatic nitrogens is 1. The Labute approximate surface area is 214 Å². The Morgan fingerprint density at radius 2 is 1.86 bits per heavy atom. The van der Waals surface area contributed by atoms with Crippen LogP contribution >= 0.6 is 23.1 Å². The zero-order chi connectivity index (χ0) is 24.6. The second-order valence-corrected chi connectivity index (χ2v) is 10.7. The van der Waals surface area contributed by atoms with E-state index in [1.807, 2.05) is 54.6 Å². The van der Waals surface area contributed by atoms with Gasteiger partial charge >= 0.3 is 0 Å². The van der Waals surface area contributed by atoms with E-state index in [4.69, 9.17) is 4.52 Å². The van der Waals surface area contributed by atoms with Gasteiger partial charge in [0, 0.05) is 16.9 Å². The zero-order valence-electron chi connectivity index (χ0n) is 18.9. The van der Waals surface area contributed by atoms with Crippen molar-refractivity contribution in [3.63, 3.8) is 0 Å². The fraction of sp³-hybridized carbons (Fsp3) is 0.154. The van der Waals surface area contributed by atoms with Gasteiger partial charge in [0.05, 0.1) is 21.9 Å². The van der Waals surface area contributed by atoms with E-state index >= 15 is 0 Å². The molecule has 1 unspecified atom stereocenters. The van der Waals surface area contributed by atoms with Crippen LogP contribution in [-0.2, 0) is 24.1 Å². The molecule has 2 aromatic heterocycles. The molecule has 8 nitrogen and oxygen atoms in total. The van der Waals surface area contributed by atoms with Crippen LogP contribution in [0.4, 0.5) is 21.2 Å². The number of hydrogen-bond donors (Lipinski definition) is 3. The first kappa shape index (κ1) is 22.6. The van der Waals surface area contributed by atoms with E-state index in [2.05, 4.69) is 21.1 Å². The maximum Gasteiger partial charge on any atom is 0.286 e. The molecule has 0 saturated carbocycles. The Morgan fingerprint density at radius 1 is 1.06 bits per heavy atom. The number of thioether (sulfide) groups is 1. The second-order valence-electron chi connectivity index (χ2n) is 8.52. The highest BCUT2D eigenvalue weighted by Crippen LogP contribution is 2.47. The number of carbonyl (C=O) groups is 3. The molecular formula is C26H20N4O4S2. The lowest BCUT2D eigenvalue weighted by molar-refractivity contribution is -0.118. The average Bonchev–Trinajstić information content (AvgIpc) is 3.58. The Bertz CT molecular complexity index is 1480. The molecule has 2 aromatic carbocycles. The highest BCUT2D eigenvalue weighted by atomic mass is 32.2. The Kier molecular flexibility index (Phi) is 5.82. The van der Waals surface area contributed by atoms with E-state index in [-0.39, 0.29) is 17.1 Å². The summed E-state index contributed by atoms with van der Waals surface area (Å²) < 4.78 is 5.59. The number of rotatable bonds is 6.